The molecule has 4 heteroatoms. The van der Waals surface area contributed by atoms with Crippen LogP contribution in [0.2, 0.25) is 0 Å². The van der Waals surface area contributed by atoms with Crippen molar-refractivity contribution in [2.24, 2.45) is 0 Å². The number of rotatable bonds is 6. The van der Waals surface area contributed by atoms with Crippen molar-refractivity contribution in [1.29, 1.82) is 0 Å². The number of hydrogen-bond acceptors (Lipinski definition) is 4. The van der Waals surface area contributed by atoms with E-state index in [-0.39, 0.29) is 5.54 Å². The van der Waals surface area contributed by atoms with Gasteiger partial charge < -0.3 is 10.6 Å². The van der Waals surface area contributed by atoms with Gasteiger partial charge >= 0.3 is 0 Å². The third-order valence-corrected chi connectivity index (χ3v) is 2.54. The molecule has 1 rings (SSSR count). The lowest BCUT2D eigenvalue weighted by Crippen LogP contribution is -2.31. The molecule has 0 unspecified atom stereocenters. The minimum Gasteiger partial charge on any atom is -0.370 e. The van der Waals surface area contributed by atoms with Crippen molar-refractivity contribution in [2.75, 3.05) is 17.2 Å². The van der Waals surface area contributed by atoms with E-state index in [2.05, 4.69) is 48.3 Å². The summed E-state index contributed by atoms with van der Waals surface area (Å²) in [4.78, 5) is 8.76. The summed E-state index contributed by atoms with van der Waals surface area (Å²) in [5, 5.41) is 6.68. The molecule has 0 aliphatic heterocycles. The van der Waals surface area contributed by atoms with Gasteiger partial charge in [0.05, 0.1) is 0 Å². The fourth-order valence-electron chi connectivity index (χ4n) is 1.94. The molecule has 1 heterocycles. The topological polar surface area (TPSA) is 49.8 Å². The molecule has 0 atom stereocenters. The lowest BCUT2D eigenvalue weighted by Gasteiger charge is -2.26. The molecule has 0 spiro atoms. The maximum atomic E-state index is 4.42. The van der Waals surface area contributed by atoms with Gasteiger partial charge in [-0.05, 0) is 34.1 Å². The molecule has 0 saturated heterocycles. The van der Waals surface area contributed by atoms with Gasteiger partial charge in [-0.1, -0.05) is 13.3 Å². The first-order chi connectivity index (χ1) is 7.96. The van der Waals surface area contributed by atoms with Crippen LogP contribution in [0.1, 0.15) is 46.4 Å². The zero-order valence-electron chi connectivity index (χ0n) is 11.6. The van der Waals surface area contributed by atoms with E-state index in [1.165, 1.54) is 0 Å². The molecule has 1 aromatic heterocycles. The van der Waals surface area contributed by atoms with E-state index >= 15 is 0 Å². The Balaban J connectivity index is 2.83. The van der Waals surface area contributed by atoms with Crippen molar-refractivity contribution in [1.82, 2.24) is 9.97 Å². The average Bonchev–Trinajstić information content (AvgIpc) is 2.15. The van der Waals surface area contributed by atoms with Gasteiger partial charge in [-0.3, -0.25) is 0 Å². The summed E-state index contributed by atoms with van der Waals surface area (Å²) in [6.07, 6.45) is 2.27. The average molecular weight is 236 g/mol. The molecule has 1 aromatic rings. The van der Waals surface area contributed by atoms with E-state index in [0.717, 1.165) is 36.8 Å². The van der Waals surface area contributed by atoms with E-state index in [1.807, 2.05) is 13.0 Å². The van der Waals surface area contributed by atoms with E-state index in [1.54, 1.807) is 0 Å². The molecular formula is C13H24N4. The molecule has 0 amide bonds. The number of hydrogen-bond donors (Lipinski definition) is 2. The van der Waals surface area contributed by atoms with Crippen molar-refractivity contribution < 1.29 is 0 Å². The summed E-state index contributed by atoms with van der Waals surface area (Å²) in [6, 6.07) is 1.97. The van der Waals surface area contributed by atoms with E-state index in [9.17, 15) is 0 Å². The molecular weight excluding hydrogens is 212 g/mol. The smallest absolute Gasteiger partial charge is 0.132 e. The number of nitrogens with zero attached hydrogens (tertiary/aromatic N) is 2. The first kappa shape index (κ1) is 13.7. The molecule has 0 saturated carbocycles. The second-order valence-corrected chi connectivity index (χ2v) is 4.97. The molecule has 17 heavy (non-hydrogen) atoms. The first-order valence-corrected chi connectivity index (χ1v) is 6.34. The Hall–Kier alpha value is -1.32. The van der Waals surface area contributed by atoms with Crippen molar-refractivity contribution in [3.05, 3.63) is 11.9 Å². The maximum absolute atomic E-state index is 4.42. The van der Waals surface area contributed by atoms with Gasteiger partial charge in [-0.25, -0.2) is 9.97 Å². The van der Waals surface area contributed by atoms with Crippen molar-refractivity contribution in [3.8, 4) is 0 Å². The summed E-state index contributed by atoms with van der Waals surface area (Å²) in [5.41, 5.74) is 0.0685. The number of aromatic nitrogens is 2. The van der Waals surface area contributed by atoms with Crippen LogP contribution in [0, 0.1) is 6.92 Å². The van der Waals surface area contributed by atoms with Crippen LogP contribution >= 0.6 is 0 Å². The lowest BCUT2D eigenvalue weighted by molar-refractivity contribution is 0.509. The van der Waals surface area contributed by atoms with Crippen LogP contribution in [0.4, 0.5) is 11.6 Å². The molecule has 0 fully saturated rings. The molecule has 96 valence electrons. The number of aryl methyl sites for hydroxylation is 1. The van der Waals surface area contributed by atoms with Crippen LogP contribution < -0.4 is 10.6 Å². The van der Waals surface area contributed by atoms with Crippen LogP contribution in [-0.2, 0) is 0 Å². The summed E-state index contributed by atoms with van der Waals surface area (Å²) in [7, 11) is 0. The Bertz CT molecular complexity index is 360. The lowest BCUT2D eigenvalue weighted by atomic mass is 9.99. The summed E-state index contributed by atoms with van der Waals surface area (Å²) in [5.74, 6) is 2.57. The number of anilines is 2. The highest BCUT2D eigenvalue weighted by molar-refractivity contribution is 5.48. The SMILES string of the molecule is CCCC(C)(C)Nc1cc(NCC)nc(C)n1. The van der Waals surface area contributed by atoms with Crippen molar-refractivity contribution in [2.45, 2.75) is 53.0 Å². The summed E-state index contributed by atoms with van der Waals surface area (Å²) < 4.78 is 0. The molecule has 0 radical (unpaired) electrons. The summed E-state index contributed by atoms with van der Waals surface area (Å²) in [6.45, 7) is 11.4. The molecule has 0 bridgehead atoms. The molecule has 2 N–H and O–H groups in total. The van der Waals surface area contributed by atoms with Gasteiger partial charge in [0, 0.05) is 18.2 Å². The van der Waals surface area contributed by atoms with Gasteiger partial charge in [0.15, 0.2) is 0 Å². The minimum absolute atomic E-state index is 0.0685. The Morgan fingerprint density at radius 3 is 2.41 bits per heavy atom. The Kier molecular flexibility index (Phi) is 4.73. The predicted molar refractivity (Wildman–Crippen MR) is 73.5 cm³/mol. The standard InChI is InChI=1S/C13H24N4/c1-6-8-13(4,5)17-12-9-11(14-7-2)15-10(3)16-12/h9H,6-8H2,1-5H3,(H2,14,15,16,17). The van der Waals surface area contributed by atoms with Gasteiger partial charge in [0.2, 0.25) is 0 Å². The van der Waals surface area contributed by atoms with E-state index < -0.39 is 0 Å². The molecule has 4 nitrogen and oxygen atoms in total. The van der Waals surface area contributed by atoms with Gasteiger partial charge in [-0.2, -0.15) is 0 Å². The van der Waals surface area contributed by atoms with Gasteiger partial charge in [0.25, 0.3) is 0 Å². The fourth-order valence-corrected chi connectivity index (χ4v) is 1.94. The van der Waals surface area contributed by atoms with Crippen molar-refractivity contribution in [3.63, 3.8) is 0 Å². The van der Waals surface area contributed by atoms with Gasteiger partial charge in [0.1, 0.15) is 17.5 Å². The molecule has 0 aliphatic carbocycles. The first-order valence-electron chi connectivity index (χ1n) is 6.34. The Labute approximate surface area is 104 Å². The molecule has 0 aliphatic rings. The van der Waals surface area contributed by atoms with Crippen molar-refractivity contribution >= 4 is 11.6 Å². The summed E-state index contributed by atoms with van der Waals surface area (Å²) >= 11 is 0. The zero-order valence-corrected chi connectivity index (χ0v) is 11.6. The van der Waals surface area contributed by atoms with E-state index in [0.29, 0.717) is 0 Å². The second kappa shape index (κ2) is 5.84. The normalized spacial score (nSPS) is 11.4. The largest absolute Gasteiger partial charge is 0.370 e. The quantitative estimate of drug-likeness (QED) is 0.796. The third-order valence-electron chi connectivity index (χ3n) is 2.54. The number of nitrogens with one attached hydrogen (secondary N) is 2. The van der Waals surface area contributed by atoms with Gasteiger partial charge in [-0.15, -0.1) is 0 Å². The fraction of sp³-hybridized carbons (Fsp3) is 0.692. The second-order valence-electron chi connectivity index (χ2n) is 4.97. The Morgan fingerprint density at radius 1 is 1.18 bits per heavy atom. The highest BCUT2D eigenvalue weighted by Gasteiger charge is 2.17. The molecule has 0 aromatic carbocycles. The van der Waals surface area contributed by atoms with Crippen LogP contribution in [0.15, 0.2) is 6.07 Å². The van der Waals surface area contributed by atoms with E-state index in [4.69, 9.17) is 0 Å². The van der Waals surface area contributed by atoms with Crippen LogP contribution in [0.3, 0.4) is 0 Å². The highest BCUT2D eigenvalue weighted by atomic mass is 15.1. The highest BCUT2D eigenvalue weighted by Crippen LogP contribution is 2.19. The monoisotopic (exact) mass is 236 g/mol. The Morgan fingerprint density at radius 2 is 1.82 bits per heavy atom. The van der Waals surface area contributed by atoms with Crippen LogP contribution in [0.25, 0.3) is 0 Å². The third kappa shape index (κ3) is 4.59. The zero-order chi connectivity index (χ0) is 12.9. The minimum atomic E-state index is 0.0685. The van der Waals surface area contributed by atoms with Crippen LogP contribution in [0.5, 0.6) is 0 Å². The maximum Gasteiger partial charge on any atom is 0.132 e. The predicted octanol–water partition coefficient (Wildman–Crippen LogP) is 3.21. The van der Waals surface area contributed by atoms with Crippen LogP contribution in [-0.4, -0.2) is 22.1 Å².